The molecule has 3 heterocycles. The molecule has 1 atom stereocenters. The Morgan fingerprint density at radius 1 is 1.17 bits per heavy atom. The van der Waals surface area contributed by atoms with E-state index in [1.54, 1.807) is 0 Å². The van der Waals surface area contributed by atoms with E-state index in [4.69, 9.17) is 4.42 Å². The van der Waals surface area contributed by atoms with E-state index < -0.39 is 0 Å². The standard InChI is InChI=1S/C17H21N5O/c1-12-18-13(2)22(20-12)11-14-7-5-6-10-21(14)17-19-15-8-3-4-9-16(15)23-17/h3-4,8-9,14H,5-7,10-11H2,1-2H3/t14-/m0/s1. The number of nitrogens with zero attached hydrogens (tertiary/aromatic N) is 5. The lowest BCUT2D eigenvalue weighted by Gasteiger charge is -2.34. The summed E-state index contributed by atoms with van der Waals surface area (Å²) < 4.78 is 7.98. The first kappa shape index (κ1) is 14.2. The molecule has 0 saturated carbocycles. The van der Waals surface area contributed by atoms with Gasteiger partial charge in [0, 0.05) is 6.54 Å². The molecule has 0 aliphatic carbocycles. The SMILES string of the molecule is Cc1nc(C)n(C[C@@H]2CCCCN2c2nc3ccccc3o2)n1. The Morgan fingerprint density at radius 2 is 2.04 bits per heavy atom. The van der Waals surface area contributed by atoms with E-state index >= 15 is 0 Å². The lowest BCUT2D eigenvalue weighted by molar-refractivity contribution is 0.373. The van der Waals surface area contributed by atoms with Crippen LogP contribution in [0.25, 0.3) is 11.1 Å². The lowest BCUT2D eigenvalue weighted by atomic mass is 10.0. The molecule has 1 fully saturated rings. The van der Waals surface area contributed by atoms with Crippen molar-refractivity contribution in [3.63, 3.8) is 0 Å². The molecule has 1 aliphatic heterocycles. The number of fused-ring (bicyclic) bond motifs is 1. The summed E-state index contributed by atoms with van der Waals surface area (Å²) >= 11 is 0. The van der Waals surface area contributed by atoms with Gasteiger partial charge in [-0.1, -0.05) is 12.1 Å². The molecule has 4 rings (SSSR count). The third kappa shape index (κ3) is 2.69. The molecule has 0 N–H and O–H groups in total. The Hall–Kier alpha value is -2.37. The van der Waals surface area contributed by atoms with Gasteiger partial charge < -0.3 is 9.32 Å². The Morgan fingerprint density at radius 3 is 2.83 bits per heavy atom. The fraction of sp³-hybridized carbons (Fsp3) is 0.471. The van der Waals surface area contributed by atoms with Gasteiger partial charge in [0.25, 0.3) is 6.01 Å². The van der Waals surface area contributed by atoms with Gasteiger partial charge in [-0.2, -0.15) is 10.1 Å². The predicted molar refractivity (Wildman–Crippen MR) is 88.5 cm³/mol. The highest BCUT2D eigenvalue weighted by atomic mass is 16.4. The summed E-state index contributed by atoms with van der Waals surface area (Å²) in [6.07, 6.45) is 3.52. The highest BCUT2D eigenvalue weighted by Gasteiger charge is 2.27. The molecular formula is C17H21N5O. The molecule has 6 heteroatoms. The van der Waals surface area contributed by atoms with Crippen molar-refractivity contribution in [1.29, 1.82) is 0 Å². The van der Waals surface area contributed by atoms with Crippen LogP contribution in [-0.2, 0) is 6.54 Å². The molecular weight excluding hydrogens is 290 g/mol. The number of rotatable bonds is 3. The third-order valence-corrected chi connectivity index (χ3v) is 4.50. The average Bonchev–Trinajstić information content (AvgIpc) is 3.11. The van der Waals surface area contributed by atoms with Gasteiger partial charge in [0.2, 0.25) is 0 Å². The van der Waals surface area contributed by atoms with Crippen LogP contribution in [0, 0.1) is 13.8 Å². The van der Waals surface area contributed by atoms with Gasteiger partial charge in [-0.25, -0.2) is 9.67 Å². The molecule has 3 aromatic rings. The van der Waals surface area contributed by atoms with E-state index in [1.165, 1.54) is 12.8 Å². The summed E-state index contributed by atoms with van der Waals surface area (Å²) in [6, 6.07) is 9.00. The van der Waals surface area contributed by atoms with E-state index in [9.17, 15) is 0 Å². The molecule has 0 amide bonds. The van der Waals surface area contributed by atoms with Crippen LogP contribution in [0.1, 0.15) is 30.9 Å². The van der Waals surface area contributed by atoms with Crippen LogP contribution >= 0.6 is 0 Å². The van der Waals surface area contributed by atoms with Gasteiger partial charge in [-0.05, 0) is 45.2 Å². The summed E-state index contributed by atoms with van der Waals surface area (Å²) in [7, 11) is 0. The summed E-state index contributed by atoms with van der Waals surface area (Å²) in [5.74, 6) is 1.79. The zero-order valence-electron chi connectivity index (χ0n) is 13.6. The fourth-order valence-corrected chi connectivity index (χ4v) is 3.36. The molecule has 0 bridgehead atoms. The predicted octanol–water partition coefficient (Wildman–Crippen LogP) is 3.10. The molecule has 23 heavy (non-hydrogen) atoms. The van der Waals surface area contributed by atoms with Crippen molar-refractivity contribution >= 4 is 17.1 Å². The van der Waals surface area contributed by atoms with E-state index in [1.807, 2.05) is 42.8 Å². The summed E-state index contributed by atoms with van der Waals surface area (Å²) in [5, 5.41) is 4.50. The lowest BCUT2D eigenvalue weighted by Crippen LogP contribution is -2.42. The molecule has 0 unspecified atom stereocenters. The summed E-state index contributed by atoms with van der Waals surface area (Å²) in [4.78, 5) is 11.4. The molecule has 6 nitrogen and oxygen atoms in total. The molecule has 120 valence electrons. The van der Waals surface area contributed by atoms with Crippen molar-refractivity contribution < 1.29 is 4.42 Å². The van der Waals surface area contributed by atoms with Crippen LogP contribution in [0.15, 0.2) is 28.7 Å². The van der Waals surface area contributed by atoms with Crippen LogP contribution in [-0.4, -0.2) is 32.3 Å². The average molecular weight is 311 g/mol. The van der Waals surface area contributed by atoms with Gasteiger partial charge in [0.15, 0.2) is 5.58 Å². The number of aryl methyl sites for hydroxylation is 2. The maximum absolute atomic E-state index is 5.98. The van der Waals surface area contributed by atoms with Crippen molar-refractivity contribution in [2.45, 2.75) is 45.7 Å². The number of hydrogen-bond acceptors (Lipinski definition) is 5. The van der Waals surface area contributed by atoms with E-state index in [0.29, 0.717) is 6.04 Å². The third-order valence-electron chi connectivity index (χ3n) is 4.50. The number of oxazole rings is 1. The van der Waals surface area contributed by atoms with Crippen molar-refractivity contribution in [2.24, 2.45) is 0 Å². The Bertz CT molecular complexity index is 788. The fourth-order valence-electron chi connectivity index (χ4n) is 3.36. The minimum Gasteiger partial charge on any atom is -0.423 e. The maximum atomic E-state index is 5.98. The van der Waals surface area contributed by atoms with Crippen molar-refractivity contribution in [2.75, 3.05) is 11.4 Å². The number of para-hydroxylation sites is 2. The number of hydrogen-bond donors (Lipinski definition) is 0. The van der Waals surface area contributed by atoms with Gasteiger partial charge >= 0.3 is 0 Å². The monoisotopic (exact) mass is 311 g/mol. The molecule has 0 radical (unpaired) electrons. The van der Waals surface area contributed by atoms with Gasteiger partial charge in [0.1, 0.15) is 17.2 Å². The minimum atomic E-state index is 0.344. The van der Waals surface area contributed by atoms with E-state index in [-0.39, 0.29) is 0 Å². The van der Waals surface area contributed by atoms with Crippen molar-refractivity contribution in [1.82, 2.24) is 19.7 Å². The number of benzene rings is 1. The first-order valence-corrected chi connectivity index (χ1v) is 8.21. The number of piperidine rings is 1. The Labute approximate surface area is 135 Å². The Balaban J connectivity index is 1.63. The Kier molecular flexibility index (Phi) is 3.52. The van der Waals surface area contributed by atoms with Gasteiger partial charge in [0.05, 0.1) is 12.6 Å². The second kappa shape index (κ2) is 5.68. The zero-order valence-corrected chi connectivity index (χ0v) is 13.6. The van der Waals surface area contributed by atoms with Crippen LogP contribution in [0.4, 0.5) is 6.01 Å². The largest absolute Gasteiger partial charge is 0.423 e. The zero-order chi connectivity index (χ0) is 15.8. The summed E-state index contributed by atoms with van der Waals surface area (Å²) in [5.41, 5.74) is 1.76. The highest BCUT2D eigenvalue weighted by Crippen LogP contribution is 2.28. The smallest absolute Gasteiger partial charge is 0.298 e. The molecule has 2 aromatic heterocycles. The first-order valence-electron chi connectivity index (χ1n) is 8.21. The number of aromatic nitrogens is 4. The first-order chi connectivity index (χ1) is 11.2. The second-order valence-corrected chi connectivity index (χ2v) is 6.20. The van der Waals surface area contributed by atoms with Crippen LogP contribution in [0.5, 0.6) is 0 Å². The van der Waals surface area contributed by atoms with Crippen LogP contribution in [0.2, 0.25) is 0 Å². The number of anilines is 1. The van der Waals surface area contributed by atoms with E-state index in [0.717, 1.165) is 48.3 Å². The van der Waals surface area contributed by atoms with Crippen LogP contribution < -0.4 is 4.90 Å². The van der Waals surface area contributed by atoms with Gasteiger partial charge in [-0.3, -0.25) is 0 Å². The second-order valence-electron chi connectivity index (χ2n) is 6.20. The highest BCUT2D eigenvalue weighted by molar-refractivity contribution is 5.74. The molecule has 1 aliphatic rings. The maximum Gasteiger partial charge on any atom is 0.298 e. The normalized spacial score (nSPS) is 18.7. The topological polar surface area (TPSA) is 60.0 Å². The van der Waals surface area contributed by atoms with Crippen molar-refractivity contribution in [3.8, 4) is 0 Å². The van der Waals surface area contributed by atoms with Crippen LogP contribution in [0.3, 0.4) is 0 Å². The molecule has 1 aromatic carbocycles. The molecule has 0 spiro atoms. The quantitative estimate of drug-likeness (QED) is 0.744. The minimum absolute atomic E-state index is 0.344. The summed E-state index contributed by atoms with van der Waals surface area (Å²) in [6.45, 7) is 5.74. The molecule has 1 saturated heterocycles. The van der Waals surface area contributed by atoms with E-state index in [2.05, 4.69) is 20.0 Å². The van der Waals surface area contributed by atoms with Gasteiger partial charge in [-0.15, -0.1) is 0 Å². The van der Waals surface area contributed by atoms with Crippen molar-refractivity contribution in [3.05, 3.63) is 35.9 Å².